The number of para-hydroxylation sites is 1. The summed E-state index contributed by atoms with van der Waals surface area (Å²) >= 11 is 0. The maximum atomic E-state index is 2.24. The third-order valence-electron chi connectivity index (χ3n) is 4.42. The van der Waals surface area contributed by atoms with Crippen LogP contribution in [0.25, 0.3) is 22.7 Å². The van der Waals surface area contributed by atoms with Gasteiger partial charge in [-0.2, -0.15) is 0 Å². The van der Waals surface area contributed by atoms with Gasteiger partial charge in [-0.3, -0.25) is 0 Å². The standard InChI is InChI=1S/C23H19N/c1-18-9-5-7-13-21(18)22(19-10-3-2-4-11-19)17-24-16-15-20-12-6-8-14-23(20)24/h2-17H,1H3/b22-17+. The highest BCUT2D eigenvalue weighted by Crippen LogP contribution is 2.28. The quantitative estimate of drug-likeness (QED) is 0.437. The van der Waals surface area contributed by atoms with Gasteiger partial charge < -0.3 is 4.57 Å². The largest absolute Gasteiger partial charge is 0.323 e. The number of hydrogen-bond donors (Lipinski definition) is 0. The van der Waals surface area contributed by atoms with Crippen LogP contribution >= 0.6 is 0 Å². The molecule has 3 aromatic carbocycles. The van der Waals surface area contributed by atoms with Crippen LogP contribution in [0, 0.1) is 6.92 Å². The lowest BCUT2D eigenvalue weighted by molar-refractivity contribution is 1.22. The van der Waals surface area contributed by atoms with E-state index in [1.165, 1.54) is 33.2 Å². The second-order valence-corrected chi connectivity index (χ2v) is 6.01. The summed E-state index contributed by atoms with van der Waals surface area (Å²) in [7, 11) is 0. The number of benzene rings is 3. The van der Waals surface area contributed by atoms with Gasteiger partial charge >= 0.3 is 0 Å². The van der Waals surface area contributed by atoms with E-state index in [4.69, 9.17) is 0 Å². The fourth-order valence-corrected chi connectivity index (χ4v) is 3.15. The average molecular weight is 309 g/mol. The van der Waals surface area contributed by atoms with Gasteiger partial charge in [0.25, 0.3) is 0 Å². The molecule has 0 amide bonds. The maximum absolute atomic E-state index is 2.24. The van der Waals surface area contributed by atoms with E-state index in [0.717, 1.165) is 0 Å². The molecule has 1 aromatic heterocycles. The van der Waals surface area contributed by atoms with Gasteiger partial charge in [0.15, 0.2) is 0 Å². The number of rotatable bonds is 3. The van der Waals surface area contributed by atoms with Gasteiger partial charge in [0.05, 0.1) is 5.52 Å². The van der Waals surface area contributed by atoms with E-state index >= 15 is 0 Å². The molecule has 4 aromatic rings. The predicted molar refractivity (Wildman–Crippen MR) is 103 cm³/mol. The summed E-state index contributed by atoms with van der Waals surface area (Å²) in [6.07, 6.45) is 4.37. The summed E-state index contributed by atoms with van der Waals surface area (Å²) in [5, 5.41) is 1.26. The van der Waals surface area contributed by atoms with Crippen LogP contribution in [0.4, 0.5) is 0 Å². The van der Waals surface area contributed by atoms with Crippen molar-refractivity contribution in [3.05, 3.63) is 108 Å². The fraction of sp³-hybridized carbons (Fsp3) is 0.0435. The first-order valence-electron chi connectivity index (χ1n) is 8.22. The van der Waals surface area contributed by atoms with Crippen LogP contribution in [0.5, 0.6) is 0 Å². The molecule has 1 heteroatoms. The monoisotopic (exact) mass is 309 g/mol. The number of aryl methyl sites for hydroxylation is 1. The van der Waals surface area contributed by atoms with Crippen LogP contribution in [0.2, 0.25) is 0 Å². The molecule has 0 radical (unpaired) electrons. The van der Waals surface area contributed by atoms with Gasteiger partial charge in [0, 0.05) is 18.0 Å². The van der Waals surface area contributed by atoms with E-state index in [1.54, 1.807) is 0 Å². The third-order valence-corrected chi connectivity index (χ3v) is 4.42. The molecule has 0 fully saturated rings. The van der Waals surface area contributed by atoms with Crippen LogP contribution in [0.1, 0.15) is 16.7 Å². The zero-order chi connectivity index (χ0) is 16.4. The van der Waals surface area contributed by atoms with Gasteiger partial charge in [0.2, 0.25) is 0 Å². The van der Waals surface area contributed by atoms with Crippen molar-refractivity contribution in [3.8, 4) is 0 Å². The van der Waals surface area contributed by atoms with Crippen molar-refractivity contribution < 1.29 is 0 Å². The SMILES string of the molecule is Cc1ccccc1/C(=C/n1ccc2ccccc21)c1ccccc1. The van der Waals surface area contributed by atoms with Crippen LogP contribution in [0.3, 0.4) is 0 Å². The molecule has 0 unspecified atom stereocenters. The molecule has 0 aliphatic carbocycles. The molecule has 0 saturated heterocycles. The van der Waals surface area contributed by atoms with Crippen molar-refractivity contribution in [2.75, 3.05) is 0 Å². The summed E-state index contributed by atoms with van der Waals surface area (Å²) < 4.78 is 2.21. The van der Waals surface area contributed by atoms with Crippen LogP contribution in [-0.2, 0) is 0 Å². The van der Waals surface area contributed by atoms with Crippen LogP contribution in [-0.4, -0.2) is 4.57 Å². The summed E-state index contributed by atoms with van der Waals surface area (Å²) in [4.78, 5) is 0. The average Bonchev–Trinajstić information content (AvgIpc) is 3.04. The Bertz CT molecular complexity index is 1010. The molecule has 0 aliphatic rings. The molecule has 0 aliphatic heterocycles. The van der Waals surface area contributed by atoms with Crippen molar-refractivity contribution >= 4 is 22.7 Å². The van der Waals surface area contributed by atoms with Gasteiger partial charge in [-0.05, 0) is 41.1 Å². The number of aromatic nitrogens is 1. The van der Waals surface area contributed by atoms with Crippen LogP contribution < -0.4 is 0 Å². The Morgan fingerprint density at radius 3 is 2.29 bits per heavy atom. The molecular weight excluding hydrogens is 290 g/mol. The summed E-state index contributed by atoms with van der Waals surface area (Å²) in [6.45, 7) is 2.17. The molecule has 0 atom stereocenters. The molecule has 4 rings (SSSR count). The molecule has 0 bridgehead atoms. The Morgan fingerprint density at radius 2 is 1.46 bits per heavy atom. The minimum atomic E-state index is 1.22. The second-order valence-electron chi connectivity index (χ2n) is 6.01. The molecule has 116 valence electrons. The molecule has 0 N–H and O–H groups in total. The first-order valence-corrected chi connectivity index (χ1v) is 8.22. The Hall–Kier alpha value is -3.06. The summed E-state index contributed by atoms with van der Waals surface area (Å²) in [5.41, 5.74) is 6.23. The predicted octanol–water partition coefficient (Wildman–Crippen LogP) is 6.00. The smallest absolute Gasteiger partial charge is 0.0522 e. The van der Waals surface area contributed by atoms with Crippen molar-refractivity contribution in [2.45, 2.75) is 6.92 Å². The highest BCUT2D eigenvalue weighted by Gasteiger charge is 2.08. The van der Waals surface area contributed by atoms with E-state index in [0.29, 0.717) is 0 Å². The molecule has 0 saturated carbocycles. The molecular formula is C23H19N. The first kappa shape index (κ1) is 14.5. The van der Waals surface area contributed by atoms with Crippen molar-refractivity contribution in [1.82, 2.24) is 4.57 Å². The lowest BCUT2D eigenvalue weighted by Gasteiger charge is -2.12. The van der Waals surface area contributed by atoms with E-state index in [1.807, 2.05) is 0 Å². The Labute approximate surface area is 142 Å². The van der Waals surface area contributed by atoms with Crippen molar-refractivity contribution in [2.24, 2.45) is 0 Å². The zero-order valence-electron chi connectivity index (χ0n) is 13.7. The van der Waals surface area contributed by atoms with Gasteiger partial charge in [0.1, 0.15) is 0 Å². The topological polar surface area (TPSA) is 4.93 Å². The van der Waals surface area contributed by atoms with Gasteiger partial charge in [-0.25, -0.2) is 0 Å². The van der Waals surface area contributed by atoms with Crippen molar-refractivity contribution in [3.63, 3.8) is 0 Å². The number of hydrogen-bond acceptors (Lipinski definition) is 0. The zero-order valence-corrected chi connectivity index (χ0v) is 13.7. The number of nitrogens with zero attached hydrogens (tertiary/aromatic N) is 1. The van der Waals surface area contributed by atoms with Crippen LogP contribution in [0.15, 0.2) is 91.1 Å². The Kier molecular flexibility index (Phi) is 3.76. The van der Waals surface area contributed by atoms with Gasteiger partial charge in [-0.1, -0.05) is 72.8 Å². The van der Waals surface area contributed by atoms with Crippen molar-refractivity contribution in [1.29, 1.82) is 0 Å². The minimum Gasteiger partial charge on any atom is -0.323 e. The third kappa shape index (κ3) is 2.65. The van der Waals surface area contributed by atoms with Gasteiger partial charge in [-0.15, -0.1) is 0 Å². The Morgan fingerprint density at radius 1 is 0.750 bits per heavy atom. The second kappa shape index (κ2) is 6.21. The molecule has 24 heavy (non-hydrogen) atoms. The van der Waals surface area contributed by atoms with E-state index in [-0.39, 0.29) is 0 Å². The maximum Gasteiger partial charge on any atom is 0.0522 e. The lowest BCUT2D eigenvalue weighted by atomic mass is 9.95. The summed E-state index contributed by atoms with van der Waals surface area (Å²) in [5.74, 6) is 0. The highest BCUT2D eigenvalue weighted by atomic mass is 14.9. The normalized spacial score (nSPS) is 11.8. The molecule has 1 heterocycles. The van der Waals surface area contributed by atoms with E-state index in [9.17, 15) is 0 Å². The molecule has 1 nitrogen and oxygen atoms in total. The fourth-order valence-electron chi connectivity index (χ4n) is 3.15. The molecule has 0 spiro atoms. The Balaban J connectivity index is 1.95. The number of fused-ring (bicyclic) bond motifs is 1. The van der Waals surface area contributed by atoms with E-state index in [2.05, 4.69) is 109 Å². The van der Waals surface area contributed by atoms with E-state index < -0.39 is 0 Å². The summed E-state index contributed by atoms with van der Waals surface area (Å²) in [6, 6.07) is 29.8. The highest BCUT2D eigenvalue weighted by molar-refractivity contribution is 5.91. The lowest BCUT2D eigenvalue weighted by Crippen LogP contribution is -1.94. The first-order chi connectivity index (χ1) is 11.8. The minimum absolute atomic E-state index is 1.22.